The third kappa shape index (κ3) is 4.28. The van der Waals surface area contributed by atoms with Gasteiger partial charge in [0.25, 0.3) is 0 Å². The molecule has 114 valence electrons. The second kappa shape index (κ2) is 7.73. The van der Waals surface area contributed by atoms with Crippen LogP contribution in [0, 0.1) is 6.92 Å². The van der Waals surface area contributed by atoms with Crippen molar-refractivity contribution >= 4 is 10.0 Å². The van der Waals surface area contributed by atoms with Crippen LogP contribution in [0.1, 0.15) is 30.4 Å². The molecule has 1 aromatic carbocycles. The van der Waals surface area contributed by atoms with Crippen LogP contribution in [-0.2, 0) is 16.6 Å². The van der Waals surface area contributed by atoms with Crippen LogP contribution < -0.4 is 5.73 Å². The van der Waals surface area contributed by atoms with Crippen molar-refractivity contribution in [2.45, 2.75) is 37.6 Å². The summed E-state index contributed by atoms with van der Waals surface area (Å²) in [4.78, 5) is 0.324. The molecule has 0 radical (unpaired) electrons. The number of benzene rings is 1. The van der Waals surface area contributed by atoms with Crippen molar-refractivity contribution in [2.75, 3.05) is 20.2 Å². The van der Waals surface area contributed by atoms with Gasteiger partial charge in [-0.05, 0) is 43.4 Å². The first-order valence-corrected chi connectivity index (χ1v) is 8.24. The van der Waals surface area contributed by atoms with Crippen LogP contribution in [0.4, 0.5) is 0 Å². The molecule has 0 aliphatic heterocycles. The molecule has 20 heavy (non-hydrogen) atoms. The summed E-state index contributed by atoms with van der Waals surface area (Å²) >= 11 is 0. The van der Waals surface area contributed by atoms with E-state index in [2.05, 4.69) is 0 Å². The van der Waals surface area contributed by atoms with Crippen LogP contribution in [0.5, 0.6) is 0 Å². The number of rotatable bonds is 8. The van der Waals surface area contributed by atoms with Gasteiger partial charge >= 0.3 is 0 Å². The summed E-state index contributed by atoms with van der Waals surface area (Å²) in [6.07, 6.45) is 2.26. The number of sulfonamides is 1. The predicted molar refractivity (Wildman–Crippen MR) is 79.8 cm³/mol. The summed E-state index contributed by atoms with van der Waals surface area (Å²) in [6.45, 7) is 2.71. The van der Waals surface area contributed by atoms with Gasteiger partial charge in [-0.2, -0.15) is 0 Å². The Hall–Kier alpha value is -0.950. The third-order valence-corrected chi connectivity index (χ3v) is 5.31. The number of hydrogen-bond donors (Lipinski definition) is 2. The maximum atomic E-state index is 12.5. The highest BCUT2D eigenvalue weighted by molar-refractivity contribution is 7.89. The van der Waals surface area contributed by atoms with E-state index in [1.54, 1.807) is 26.1 Å². The van der Waals surface area contributed by atoms with Crippen LogP contribution in [0.3, 0.4) is 0 Å². The van der Waals surface area contributed by atoms with E-state index in [1.807, 2.05) is 6.07 Å². The molecule has 0 atom stereocenters. The molecule has 0 heterocycles. The monoisotopic (exact) mass is 300 g/mol. The maximum absolute atomic E-state index is 12.5. The van der Waals surface area contributed by atoms with E-state index in [-0.39, 0.29) is 6.61 Å². The van der Waals surface area contributed by atoms with E-state index in [0.717, 1.165) is 24.0 Å². The van der Waals surface area contributed by atoms with Gasteiger partial charge < -0.3 is 10.8 Å². The number of hydrogen-bond acceptors (Lipinski definition) is 4. The summed E-state index contributed by atoms with van der Waals surface area (Å²) in [5, 5.41) is 8.72. The second-order valence-corrected chi connectivity index (χ2v) is 6.93. The molecule has 0 unspecified atom stereocenters. The van der Waals surface area contributed by atoms with Gasteiger partial charge in [0, 0.05) is 26.7 Å². The van der Waals surface area contributed by atoms with E-state index in [0.29, 0.717) is 24.4 Å². The van der Waals surface area contributed by atoms with E-state index in [1.165, 1.54) is 4.31 Å². The van der Waals surface area contributed by atoms with Gasteiger partial charge in [-0.15, -0.1) is 0 Å². The van der Waals surface area contributed by atoms with Gasteiger partial charge in [-0.3, -0.25) is 0 Å². The second-order valence-electron chi connectivity index (χ2n) is 4.91. The quantitative estimate of drug-likeness (QED) is 0.707. The number of nitrogens with zero attached hydrogens (tertiary/aromatic N) is 1. The number of unbranched alkanes of at least 4 members (excludes halogenated alkanes) is 2. The molecule has 6 heteroatoms. The fraction of sp³-hybridized carbons (Fsp3) is 0.571. The zero-order chi connectivity index (χ0) is 15.2. The Morgan fingerprint density at radius 2 is 1.95 bits per heavy atom. The Morgan fingerprint density at radius 1 is 1.25 bits per heavy atom. The first-order valence-electron chi connectivity index (χ1n) is 6.80. The van der Waals surface area contributed by atoms with Crippen molar-refractivity contribution in [2.24, 2.45) is 5.73 Å². The van der Waals surface area contributed by atoms with Crippen LogP contribution in [0.2, 0.25) is 0 Å². The molecule has 0 aromatic heterocycles. The van der Waals surface area contributed by atoms with Crippen LogP contribution in [0.15, 0.2) is 23.1 Å². The standard InChI is InChI=1S/C14H24N2O3S/c1-12-6-7-13(11-15)10-14(12)20(18,19)16(2)8-4-3-5-9-17/h6-7,10,17H,3-5,8-9,11,15H2,1-2H3. The summed E-state index contributed by atoms with van der Waals surface area (Å²) in [6, 6.07) is 5.28. The largest absolute Gasteiger partial charge is 0.396 e. The molecule has 0 amide bonds. The SMILES string of the molecule is Cc1ccc(CN)cc1S(=O)(=O)N(C)CCCCCO. The van der Waals surface area contributed by atoms with Crippen molar-refractivity contribution in [3.8, 4) is 0 Å². The Balaban J connectivity index is 2.87. The van der Waals surface area contributed by atoms with Crippen LogP contribution in [-0.4, -0.2) is 38.0 Å². The highest BCUT2D eigenvalue weighted by atomic mass is 32.2. The van der Waals surface area contributed by atoms with Crippen molar-refractivity contribution in [3.05, 3.63) is 29.3 Å². The minimum absolute atomic E-state index is 0.147. The molecular formula is C14H24N2O3S. The number of aryl methyl sites for hydroxylation is 1. The van der Waals surface area contributed by atoms with Gasteiger partial charge in [0.2, 0.25) is 10.0 Å². The average Bonchev–Trinajstić information content (AvgIpc) is 2.43. The number of nitrogens with two attached hydrogens (primary N) is 1. The lowest BCUT2D eigenvalue weighted by molar-refractivity contribution is 0.281. The lowest BCUT2D eigenvalue weighted by Crippen LogP contribution is -2.28. The van der Waals surface area contributed by atoms with Crippen molar-refractivity contribution < 1.29 is 13.5 Å². The van der Waals surface area contributed by atoms with Crippen LogP contribution in [0.25, 0.3) is 0 Å². The summed E-state index contributed by atoms with van der Waals surface area (Å²) < 4.78 is 26.4. The predicted octanol–water partition coefficient (Wildman–Crippen LogP) is 1.24. The minimum Gasteiger partial charge on any atom is -0.396 e. The highest BCUT2D eigenvalue weighted by Crippen LogP contribution is 2.20. The zero-order valence-corrected chi connectivity index (χ0v) is 13.0. The average molecular weight is 300 g/mol. The lowest BCUT2D eigenvalue weighted by Gasteiger charge is -2.19. The van der Waals surface area contributed by atoms with E-state index in [9.17, 15) is 8.42 Å². The fourth-order valence-corrected chi connectivity index (χ4v) is 3.44. The first-order chi connectivity index (χ1) is 9.43. The molecule has 0 aliphatic rings. The van der Waals surface area contributed by atoms with Crippen molar-refractivity contribution in [3.63, 3.8) is 0 Å². The topological polar surface area (TPSA) is 83.6 Å². The van der Waals surface area contributed by atoms with Gasteiger partial charge in [0.1, 0.15) is 0 Å². The third-order valence-electron chi connectivity index (χ3n) is 3.31. The van der Waals surface area contributed by atoms with Gasteiger partial charge in [0.05, 0.1) is 4.90 Å². The Kier molecular flexibility index (Phi) is 6.61. The first kappa shape index (κ1) is 17.1. The molecule has 1 aromatic rings. The Labute approximate surface area is 121 Å². The molecule has 3 N–H and O–H groups in total. The zero-order valence-electron chi connectivity index (χ0n) is 12.2. The molecule has 0 bridgehead atoms. The normalized spacial score (nSPS) is 12.1. The van der Waals surface area contributed by atoms with Crippen molar-refractivity contribution in [1.29, 1.82) is 0 Å². The number of aliphatic hydroxyl groups is 1. The Morgan fingerprint density at radius 3 is 2.55 bits per heavy atom. The molecule has 0 fully saturated rings. The fourth-order valence-electron chi connectivity index (χ4n) is 1.96. The summed E-state index contributed by atoms with van der Waals surface area (Å²) in [7, 11) is -1.89. The van der Waals surface area contributed by atoms with E-state index < -0.39 is 10.0 Å². The molecular weight excluding hydrogens is 276 g/mol. The highest BCUT2D eigenvalue weighted by Gasteiger charge is 2.22. The Bertz CT molecular complexity index is 529. The van der Waals surface area contributed by atoms with Gasteiger partial charge in [-0.1, -0.05) is 12.1 Å². The summed E-state index contributed by atoms with van der Waals surface area (Å²) in [5.41, 5.74) is 7.10. The molecule has 0 saturated carbocycles. The van der Waals surface area contributed by atoms with Gasteiger partial charge in [0.15, 0.2) is 0 Å². The van der Waals surface area contributed by atoms with E-state index in [4.69, 9.17) is 10.8 Å². The lowest BCUT2D eigenvalue weighted by atomic mass is 10.1. The summed E-state index contributed by atoms with van der Waals surface area (Å²) in [5.74, 6) is 0. The minimum atomic E-state index is -3.47. The van der Waals surface area contributed by atoms with Gasteiger partial charge in [-0.25, -0.2) is 12.7 Å². The molecule has 5 nitrogen and oxygen atoms in total. The van der Waals surface area contributed by atoms with Crippen LogP contribution >= 0.6 is 0 Å². The van der Waals surface area contributed by atoms with E-state index >= 15 is 0 Å². The molecule has 0 spiro atoms. The molecule has 0 saturated heterocycles. The molecule has 1 rings (SSSR count). The maximum Gasteiger partial charge on any atom is 0.243 e. The smallest absolute Gasteiger partial charge is 0.243 e. The number of aliphatic hydroxyl groups excluding tert-OH is 1. The molecule has 0 aliphatic carbocycles. The van der Waals surface area contributed by atoms with Crippen molar-refractivity contribution in [1.82, 2.24) is 4.31 Å².